The summed E-state index contributed by atoms with van der Waals surface area (Å²) in [5, 5.41) is 2.28. The summed E-state index contributed by atoms with van der Waals surface area (Å²) in [6.07, 6.45) is 2.79. The van der Waals surface area contributed by atoms with Crippen LogP contribution in [0.1, 0.15) is 5.89 Å². The van der Waals surface area contributed by atoms with Gasteiger partial charge in [0.05, 0.1) is 17.8 Å². The van der Waals surface area contributed by atoms with Gasteiger partial charge in [-0.1, -0.05) is 42.1 Å². The quantitative estimate of drug-likeness (QED) is 0.0727. The van der Waals surface area contributed by atoms with Crippen LogP contribution in [-0.2, 0) is 26.1 Å². The fourth-order valence-electron chi connectivity index (χ4n) is 6.05. The molecule has 0 atom stereocenters. The van der Waals surface area contributed by atoms with Crippen molar-refractivity contribution < 1.29 is 48.5 Å². The number of halogens is 1. The zero-order valence-electron chi connectivity index (χ0n) is 25.5. The third kappa shape index (κ3) is 5.38. The van der Waals surface area contributed by atoms with E-state index in [0.717, 1.165) is 21.1 Å². The van der Waals surface area contributed by atoms with E-state index in [9.17, 15) is 25.9 Å². The lowest BCUT2D eigenvalue weighted by Crippen LogP contribution is -2.39. The number of aromatic nitrogens is 1. The average molecular weight is 730 g/mol. The second-order valence-corrected chi connectivity index (χ2v) is 14.3. The number of benzene rings is 4. The van der Waals surface area contributed by atoms with Crippen molar-refractivity contribution in [3.8, 4) is 5.75 Å². The number of oxazole rings is 1. The van der Waals surface area contributed by atoms with Crippen molar-refractivity contribution in [2.75, 3.05) is 10.8 Å². The minimum Gasteiger partial charge on any atom is -0.456 e. The van der Waals surface area contributed by atoms with E-state index in [1.54, 1.807) is 36.4 Å². The molecule has 15 heteroatoms. The maximum absolute atomic E-state index is 12.6. The first-order chi connectivity index (χ1) is 23.9. The van der Waals surface area contributed by atoms with Gasteiger partial charge in [-0.15, -0.1) is 16.2 Å². The Labute approximate surface area is 287 Å². The van der Waals surface area contributed by atoms with Gasteiger partial charge in [0.15, 0.2) is 5.75 Å². The van der Waals surface area contributed by atoms with Crippen molar-refractivity contribution in [3.63, 3.8) is 0 Å². The summed E-state index contributed by atoms with van der Waals surface area (Å²) in [7, 11) is -9.52. The van der Waals surface area contributed by atoms with Crippen LogP contribution in [0.15, 0.2) is 127 Å². The van der Waals surface area contributed by atoms with Crippen LogP contribution in [0.3, 0.4) is 0 Å². The van der Waals surface area contributed by atoms with Gasteiger partial charge in [0.25, 0.3) is 11.4 Å². The first-order valence-corrected chi connectivity index (χ1v) is 18.3. The van der Waals surface area contributed by atoms with Crippen LogP contribution >= 0.6 is 11.6 Å². The van der Waals surface area contributed by atoms with Gasteiger partial charge in [0, 0.05) is 39.6 Å². The average Bonchev–Trinajstić information content (AvgIpc) is 3.80. The van der Waals surface area contributed by atoms with Crippen molar-refractivity contribution >= 4 is 98.6 Å². The van der Waals surface area contributed by atoms with E-state index >= 15 is 0 Å². The number of furan rings is 2. The van der Waals surface area contributed by atoms with E-state index in [1.165, 1.54) is 16.7 Å². The number of fused-ring (bicyclic) bond motifs is 8. The molecule has 4 aromatic carbocycles. The Kier molecular flexibility index (Phi) is 7.30. The minimum absolute atomic E-state index is 0.0235. The second-order valence-electron chi connectivity index (χ2n) is 11.3. The second kappa shape index (κ2) is 11.5. The van der Waals surface area contributed by atoms with Crippen LogP contribution in [0, 0.1) is 0 Å². The maximum atomic E-state index is 12.6. The summed E-state index contributed by atoms with van der Waals surface area (Å²) < 4.78 is 95.2. The molecule has 12 nitrogen and oxygen atoms in total. The lowest BCUT2D eigenvalue weighted by molar-refractivity contribution is -0.658. The van der Waals surface area contributed by atoms with E-state index in [-0.39, 0.29) is 40.2 Å². The van der Waals surface area contributed by atoms with E-state index in [1.807, 2.05) is 36.4 Å². The number of rotatable bonds is 7. The van der Waals surface area contributed by atoms with Crippen LogP contribution in [0.25, 0.3) is 61.1 Å². The van der Waals surface area contributed by atoms with Gasteiger partial charge < -0.3 is 18.0 Å². The SMILES string of the molecule is C=C=C=C(N1C(=CC(=Cc2oc3cc4c(cc3[n+]2CS(=O)(=O)O)oc2ccccc24)CCl)Oc2cc3c(cc21)oc1ccccc13)S(=O)(=O)O. The van der Waals surface area contributed by atoms with Crippen molar-refractivity contribution in [2.24, 2.45) is 0 Å². The molecular weight excluding hydrogens is 708 g/mol. The van der Waals surface area contributed by atoms with Gasteiger partial charge in [-0.05, 0) is 42.1 Å². The maximum Gasteiger partial charge on any atom is 0.375 e. The minimum atomic E-state index is -4.94. The highest BCUT2D eigenvalue weighted by atomic mass is 35.5. The third-order valence-corrected chi connectivity index (χ3v) is 9.74. The molecule has 4 heterocycles. The topological polar surface area (TPSA) is 165 Å². The molecule has 0 unspecified atom stereocenters. The van der Waals surface area contributed by atoms with E-state index in [0.29, 0.717) is 33.2 Å². The van der Waals surface area contributed by atoms with Gasteiger partial charge in [-0.2, -0.15) is 16.8 Å². The monoisotopic (exact) mass is 729 g/mol. The number of anilines is 1. The van der Waals surface area contributed by atoms with Gasteiger partial charge in [-0.3, -0.25) is 14.0 Å². The summed E-state index contributed by atoms with van der Waals surface area (Å²) in [6, 6.07) is 21.2. The van der Waals surface area contributed by atoms with Crippen LogP contribution in [0.4, 0.5) is 5.69 Å². The molecule has 0 aliphatic carbocycles. The lowest BCUT2D eigenvalue weighted by Gasteiger charge is -2.17. The number of hydrogen-bond acceptors (Lipinski definition) is 9. The summed E-state index contributed by atoms with van der Waals surface area (Å²) in [5.74, 6) is -1.01. The van der Waals surface area contributed by atoms with Crippen molar-refractivity contribution in [3.05, 3.63) is 119 Å². The molecule has 0 spiro atoms. The summed E-state index contributed by atoms with van der Waals surface area (Å²) in [6.45, 7) is 3.41. The fourth-order valence-corrected chi connectivity index (χ4v) is 7.42. The molecule has 3 aromatic heterocycles. The van der Waals surface area contributed by atoms with Gasteiger partial charge in [0.2, 0.25) is 16.5 Å². The van der Waals surface area contributed by atoms with Gasteiger partial charge >= 0.3 is 26.1 Å². The van der Waals surface area contributed by atoms with E-state index < -0.39 is 31.1 Å². The largest absolute Gasteiger partial charge is 0.456 e. The molecule has 0 saturated heterocycles. The molecule has 0 saturated carbocycles. The fraction of sp³-hybridized carbons (Fsp3) is 0.0571. The standard InChI is InChI=1S/C35H21ClN2O10S2/c1-2-7-35(50(42,43)44)38-26-17-30-24(22-9-4-6-11-28(22)46-30)15-32(26)48-34(38)13-20(18-36)12-33-37(19-49(39,40)41)25-16-29-23(14-31(25)47-33)21-8-3-5-10-27(21)45-29/h3-6,8-17H,1,18-19H2,(H-,39,40,41,42,43,44)/p+1. The number of hydrogen-bond donors (Lipinski definition) is 2. The molecular formula is C35H22ClN2O10S2+. The van der Waals surface area contributed by atoms with E-state index in [2.05, 4.69) is 18.0 Å². The Balaban J connectivity index is 1.31. The predicted octanol–water partition coefficient (Wildman–Crippen LogP) is 7.40. The Bertz CT molecular complexity index is 2980. The molecule has 250 valence electrons. The van der Waals surface area contributed by atoms with Crippen LogP contribution in [-0.4, -0.2) is 31.8 Å². The molecule has 1 aliphatic heterocycles. The molecule has 2 N–H and O–H groups in total. The Morgan fingerprint density at radius 2 is 1.48 bits per heavy atom. The molecule has 8 rings (SSSR count). The highest BCUT2D eigenvalue weighted by Crippen LogP contribution is 2.46. The zero-order chi connectivity index (χ0) is 34.9. The summed E-state index contributed by atoms with van der Waals surface area (Å²) in [5.41, 5.74) is 7.74. The Hall–Kier alpha value is -5.56. The molecule has 0 radical (unpaired) electrons. The third-order valence-electron chi connectivity index (χ3n) is 8.07. The van der Waals surface area contributed by atoms with Crippen LogP contribution in [0.2, 0.25) is 0 Å². The molecule has 50 heavy (non-hydrogen) atoms. The van der Waals surface area contributed by atoms with Crippen molar-refractivity contribution in [1.82, 2.24) is 0 Å². The normalized spacial score (nSPS) is 14.6. The Morgan fingerprint density at radius 3 is 2.10 bits per heavy atom. The highest BCUT2D eigenvalue weighted by Gasteiger charge is 2.36. The number of alkyl halides is 1. The summed E-state index contributed by atoms with van der Waals surface area (Å²) in [4.78, 5) is 1.08. The Morgan fingerprint density at radius 1 is 0.840 bits per heavy atom. The van der Waals surface area contributed by atoms with Gasteiger partial charge in [0.1, 0.15) is 22.3 Å². The summed E-state index contributed by atoms with van der Waals surface area (Å²) >= 11 is 6.39. The van der Waals surface area contributed by atoms with Crippen molar-refractivity contribution in [2.45, 2.75) is 5.88 Å². The first-order valence-electron chi connectivity index (χ1n) is 14.7. The smallest absolute Gasteiger partial charge is 0.375 e. The molecule has 7 aromatic rings. The molecule has 0 fully saturated rings. The van der Waals surface area contributed by atoms with Crippen molar-refractivity contribution in [1.29, 1.82) is 0 Å². The molecule has 1 aliphatic rings. The zero-order valence-corrected chi connectivity index (χ0v) is 27.8. The van der Waals surface area contributed by atoms with Crippen LogP contribution in [0.5, 0.6) is 5.75 Å². The first kappa shape index (κ1) is 31.7. The highest BCUT2D eigenvalue weighted by molar-refractivity contribution is 7.90. The molecule has 0 amide bonds. The number of allylic oxidation sites excluding steroid dienone is 2. The van der Waals surface area contributed by atoms with Gasteiger partial charge in [-0.25, -0.2) is 0 Å². The lowest BCUT2D eigenvalue weighted by atomic mass is 10.1. The van der Waals surface area contributed by atoms with E-state index in [4.69, 9.17) is 29.6 Å². The number of nitrogens with zero attached hydrogens (tertiary/aromatic N) is 2. The predicted molar refractivity (Wildman–Crippen MR) is 187 cm³/mol. The number of para-hydroxylation sites is 2. The molecule has 0 bridgehead atoms. The van der Waals surface area contributed by atoms with Crippen LogP contribution < -0.4 is 14.2 Å². The number of ether oxygens (including phenoxy) is 1.